The number of anilines is 3. The minimum atomic E-state index is 0.687. The SMILES string of the molecule is COc1ccc(-c2cc(-c3ccc(Br)cc3)nc3c(N4c5ccccc5Sc5ccccc54)cccc23)cc1OC. The van der Waals surface area contributed by atoms with Gasteiger partial charge in [-0.1, -0.05) is 82.3 Å². The van der Waals surface area contributed by atoms with Crippen molar-refractivity contribution in [1.82, 2.24) is 4.98 Å². The molecule has 6 heteroatoms. The van der Waals surface area contributed by atoms with E-state index in [1.54, 1.807) is 26.0 Å². The molecule has 2 heterocycles. The maximum absolute atomic E-state index is 5.68. The number of para-hydroxylation sites is 3. The molecule has 0 N–H and O–H groups in total. The van der Waals surface area contributed by atoms with Crippen LogP contribution in [-0.4, -0.2) is 19.2 Å². The van der Waals surface area contributed by atoms with Gasteiger partial charge in [-0.2, -0.15) is 0 Å². The number of halogens is 1. The van der Waals surface area contributed by atoms with Crippen LogP contribution in [0.4, 0.5) is 17.1 Å². The second kappa shape index (κ2) is 10.6. The molecule has 5 aromatic carbocycles. The number of aromatic nitrogens is 1. The monoisotopic (exact) mass is 616 g/mol. The Labute approximate surface area is 251 Å². The highest BCUT2D eigenvalue weighted by atomic mass is 79.9. The van der Waals surface area contributed by atoms with Crippen LogP contribution in [0, 0.1) is 0 Å². The average Bonchev–Trinajstić information content (AvgIpc) is 3.03. The van der Waals surface area contributed by atoms with Gasteiger partial charge in [0.15, 0.2) is 11.5 Å². The molecular weight excluding hydrogens is 592 g/mol. The molecule has 0 saturated carbocycles. The standard InChI is InChI=1S/C35H25BrN2O2S/c1-39-31-19-16-23(20-32(31)40-2)26-21-27(22-14-17-24(36)18-15-22)37-35-25(26)8-7-11-30(35)38-28-9-3-5-12-33(28)41-34-13-6-4-10-29(34)38/h3-21H,1-2H3. The minimum Gasteiger partial charge on any atom is -0.493 e. The van der Waals surface area contributed by atoms with Crippen LogP contribution in [-0.2, 0) is 0 Å². The molecule has 0 spiro atoms. The van der Waals surface area contributed by atoms with Gasteiger partial charge in [-0.25, -0.2) is 4.98 Å². The Balaban J connectivity index is 1.54. The van der Waals surface area contributed by atoms with Crippen LogP contribution in [0.3, 0.4) is 0 Å². The summed E-state index contributed by atoms with van der Waals surface area (Å²) in [6.07, 6.45) is 0. The zero-order chi connectivity index (χ0) is 27.9. The summed E-state index contributed by atoms with van der Waals surface area (Å²) < 4.78 is 12.2. The molecule has 0 saturated heterocycles. The molecular formula is C35H25BrN2O2S. The number of fused-ring (bicyclic) bond motifs is 3. The third-order valence-corrected chi connectivity index (χ3v) is 8.98. The highest BCUT2D eigenvalue weighted by Gasteiger charge is 2.26. The second-order valence-corrected chi connectivity index (χ2v) is 11.7. The largest absolute Gasteiger partial charge is 0.493 e. The lowest BCUT2D eigenvalue weighted by Crippen LogP contribution is -2.15. The zero-order valence-corrected chi connectivity index (χ0v) is 24.9. The molecule has 0 amide bonds. The summed E-state index contributed by atoms with van der Waals surface area (Å²) in [5, 5.41) is 1.06. The topological polar surface area (TPSA) is 34.6 Å². The Hall–Kier alpha value is -4.26. The van der Waals surface area contributed by atoms with Gasteiger partial charge in [0.1, 0.15) is 0 Å². The van der Waals surface area contributed by atoms with E-state index in [4.69, 9.17) is 14.5 Å². The predicted octanol–water partition coefficient (Wildman–Crippen LogP) is 10.3. The Morgan fingerprint density at radius 2 is 1.27 bits per heavy atom. The van der Waals surface area contributed by atoms with Crippen molar-refractivity contribution in [2.75, 3.05) is 19.1 Å². The quantitative estimate of drug-likeness (QED) is 0.192. The number of methoxy groups -OCH3 is 2. The van der Waals surface area contributed by atoms with E-state index in [-0.39, 0.29) is 0 Å². The van der Waals surface area contributed by atoms with Gasteiger partial charge in [-0.3, -0.25) is 0 Å². The summed E-state index contributed by atoms with van der Waals surface area (Å²) in [7, 11) is 3.32. The van der Waals surface area contributed by atoms with Gasteiger partial charge in [0.25, 0.3) is 0 Å². The fourth-order valence-electron chi connectivity index (χ4n) is 5.39. The van der Waals surface area contributed by atoms with E-state index in [9.17, 15) is 0 Å². The first kappa shape index (κ1) is 25.7. The Morgan fingerprint density at radius 1 is 0.634 bits per heavy atom. The van der Waals surface area contributed by atoms with Crippen molar-refractivity contribution in [1.29, 1.82) is 0 Å². The molecule has 0 aliphatic carbocycles. The molecule has 4 nitrogen and oxygen atoms in total. The van der Waals surface area contributed by atoms with Crippen molar-refractivity contribution in [3.8, 4) is 33.9 Å². The van der Waals surface area contributed by atoms with E-state index < -0.39 is 0 Å². The van der Waals surface area contributed by atoms with Gasteiger partial charge >= 0.3 is 0 Å². The number of hydrogen-bond acceptors (Lipinski definition) is 5. The summed E-state index contributed by atoms with van der Waals surface area (Å²) in [6, 6.07) is 40.1. The fourth-order valence-corrected chi connectivity index (χ4v) is 6.71. The van der Waals surface area contributed by atoms with Crippen molar-refractivity contribution in [3.05, 3.63) is 120 Å². The molecule has 1 aliphatic heterocycles. The maximum Gasteiger partial charge on any atom is 0.161 e. The molecule has 0 fully saturated rings. The van der Waals surface area contributed by atoms with Gasteiger partial charge in [-0.05, 0) is 71.8 Å². The number of rotatable bonds is 5. The van der Waals surface area contributed by atoms with Crippen molar-refractivity contribution < 1.29 is 9.47 Å². The third-order valence-electron chi connectivity index (χ3n) is 7.33. The zero-order valence-electron chi connectivity index (χ0n) is 22.5. The van der Waals surface area contributed by atoms with Crippen molar-refractivity contribution in [3.63, 3.8) is 0 Å². The Kier molecular flexibility index (Phi) is 6.65. The first-order valence-corrected chi connectivity index (χ1v) is 14.8. The van der Waals surface area contributed by atoms with Crippen LogP contribution in [0.1, 0.15) is 0 Å². The third kappa shape index (κ3) is 4.53. The Morgan fingerprint density at radius 3 is 1.95 bits per heavy atom. The molecule has 0 bridgehead atoms. The smallest absolute Gasteiger partial charge is 0.161 e. The van der Waals surface area contributed by atoms with E-state index in [2.05, 4.69) is 124 Å². The predicted molar refractivity (Wildman–Crippen MR) is 172 cm³/mol. The lowest BCUT2D eigenvalue weighted by atomic mass is 9.97. The maximum atomic E-state index is 5.68. The van der Waals surface area contributed by atoms with Gasteiger partial charge in [0, 0.05) is 25.2 Å². The van der Waals surface area contributed by atoms with E-state index >= 15 is 0 Å². The number of nitrogens with zero attached hydrogens (tertiary/aromatic N) is 2. The lowest BCUT2D eigenvalue weighted by Gasteiger charge is -2.33. The van der Waals surface area contributed by atoms with E-state index in [1.807, 2.05) is 12.1 Å². The van der Waals surface area contributed by atoms with Crippen LogP contribution in [0.25, 0.3) is 33.3 Å². The summed E-state index contributed by atoms with van der Waals surface area (Å²) in [5.41, 5.74) is 8.29. The molecule has 0 atom stereocenters. The van der Waals surface area contributed by atoms with Gasteiger partial charge in [0.05, 0.1) is 42.5 Å². The van der Waals surface area contributed by atoms with Gasteiger partial charge < -0.3 is 14.4 Å². The van der Waals surface area contributed by atoms with E-state index in [0.717, 1.165) is 54.8 Å². The molecule has 6 aromatic rings. The van der Waals surface area contributed by atoms with Crippen LogP contribution in [0.15, 0.2) is 130 Å². The average molecular weight is 618 g/mol. The first-order valence-electron chi connectivity index (χ1n) is 13.2. The molecule has 200 valence electrons. The van der Waals surface area contributed by atoms with Crippen molar-refractivity contribution in [2.45, 2.75) is 9.79 Å². The van der Waals surface area contributed by atoms with Crippen LogP contribution in [0.5, 0.6) is 11.5 Å². The fraction of sp³-hybridized carbons (Fsp3) is 0.0571. The normalized spacial score (nSPS) is 12.1. The van der Waals surface area contributed by atoms with Gasteiger partial charge in [-0.15, -0.1) is 0 Å². The number of benzene rings is 5. The number of ether oxygens (including phenoxy) is 2. The summed E-state index contributed by atoms with van der Waals surface area (Å²) in [4.78, 5) is 10.1. The Bertz CT molecular complexity index is 1880. The van der Waals surface area contributed by atoms with Crippen molar-refractivity contribution >= 4 is 55.7 Å². The van der Waals surface area contributed by atoms with Crippen LogP contribution < -0.4 is 14.4 Å². The lowest BCUT2D eigenvalue weighted by molar-refractivity contribution is 0.355. The van der Waals surface area contributed by atoms with Crippen molar-refractivity contribution in [2.24, 2.45) is 0 Å². The molecule has 1 aromatic heterocycles. The summed E-state index contributed by atoms with van der Waals surface area (Å²) >= 11 is 5.38. The minimum absolute atomic E-state index is 0.687. The molecule has 0 unspecified atom stereocenters. The second-order valence-electron chi connectivity index (χ2n) is 9.68. The highest BCUT2D eigenvalue weighted by molar-refractivity contribution is 9.10. The first-order chi connectivity index (χ1) is 20.1. The summed E-state index contributed by atoms with van der Waals surface area (Å²) in [5.74, 6) is 1.38. The van der Waals surface area contributed by atoms with E-state index in [1.165, 1.54) is 9.79 Å². The highest BCUT2D eigenvalue weighted by Crippen LogP contribution is 2.52. The number of hydrogen-bond donors (Lipinski definition) is 0. The van der Waals surface area contributed by atoms with Crippen LogP contribution in [0.2, 0.25) is 0 Å². The molecule has 41 heavy (non-hydrogen) atoms. The molecule has 1 aliphatic rings. The van der Waals surface area contributed by atoms with Crippen LogP contribution >= 0.6 is 27.7 Å². The molecule has 7 rings (SSSR count). The summed E-state index contributed by atoms with van der Waals surface area (Å²) in [6.45, 7) is 0. The van der Waals surface area contributed by atoms with E-state index in [0.29, 0.717) is 11.5 Å². The molecule has 0 radical (unpaired) electrons. The van der Waals surface area contributed by atoms with Gasteiger partial charge in [0.2, 0.25) is 0 Å². The number of pyridine rings is 1.